The fraction of sp³-hybridized carbons (Fsp3) is 1.00. The first-order valence-electron chi connectivity index (χ1n) is 3.54. The largest absolute Gasteiger partial charge is 0.147 e. The zero-order chi connectivity index (χ0) is 7.28. The quantitative estimate of drug-likeness (QED) is 0.539. The number of rotatable bonds is 0. The van der Waals surface area contributed by atoms with Gasteiger partial charge in [-0.3, -0.25) is 0 Å². The molecule has 0 aromatic heterocycles. The maximum Gasteiger partial charge on any atom is 0.0398 e. The molecule has 0 spiro atoms. The van der Waals surface area contributed by atoms with Gasteiger partial charge in [0.2, 0.25) is 0 Å². The van der Waals surface area contributed by atoms with Crippen LogP contribution >= 0.6 is 23.5 Å². The molecule has 56 valence electrons. The van der Waals surface area contributed by atoms with Gasteiger partial charge in [-0.25, -0.2) is 0 Å². The predicted molar refractivity (Wildman–Crippen MR) is 50.3 cm³/mol. The summed E-state index contributed by atoms with van der Waals surface area (Å²) in [4.78, 5) is 0. The van der Waals surface area contributed by atoms with Gasteiger partial charge in [-0.05, 0) is 0 Å². The molecule has 0 radical (unpaired) electrons. The molecule has 1 fully saturated rings. The summed E-state index contributed by atoms with van der Waals surface area (Å²) >= 11 is 4.14. The zero-order valence-corrected chi connectivity index (χ0v) is 8.31. The Balaban J connectivity index is 0.000000291. The van der Waals surface area contributed by atoms with Gasteiger partial charge in [0.1, 0.15) is 0 Å². The molecule has 0 amide bonds. The second kappa shape index (κ2) is 5.48. The van der Waals surface area contributed by atoms with E-state index in [1.54, 1.807) is 0 Å². The molecule has 1 aliphatic heterocycles. The maximum atomic E-state index is 2.30. The monoisotopic (exact) mass is 164 g/mol. The van der Waals surface area contributed by atoms with Gasteiger partial charge in [-0.15, -0.1) is 23.5 Å². The standard InChI is InChI=1S/C5H10S2.C2H6/c1-4-5(2)7-3-6-4;1-2/h4-5H,3H2,1-2H3;1-2H3. The Morgan fingerprint density at radius 1 is 1.00 bits per heavy atom. The van der Waals surface area contributed by atoms with E-state index in [1.807, 2.05) is 13.8 Å². The molecule has 1 aliphatic rings. The third-order valence-electron chi connectivity index (χ3n) is 1.32. The van der Waals surface area contributed by atoms with Crippen LogP contribution in [0.1, 0.15) is 27.7 Å². The van der Waals surface area contributed by atoms with E-state index in [1.165, 1.54) is 5.08 Å². The molecule has 0 aromatic carbocycles. The van der Waals surface area contributed by atoms with Crippen LogP contribution in [0.2, 0.25) is 0 Å². The van der Waals surface area contributed by atoms with Gasteiger partial charge in [0, 0.05) is 15.6 Å². The van der Waals surface area contributed by atoms with E-state index in [9.17, 15) is 0 Å². The second-order valence-electron chi connectivity index (χ2n) is 1.86. The Bertz CT molecular complexity index is 55.9. The van der Waals surface area contributed by atoms with Crippen molar-refractivity contribution in [1.82, 2.24) is 0 Å². The molecule has 2 unspecified atom stereocenters. The van der Waals surface area contributed by atoms with Crippen LogP contribution in [-0.2, 0) is 0 Å². The van der Waals surface area contributed by atoms with Crippen molar-refractivity contribution in [3.63, 3.8) is 0 Å². The molecule has 1 heterocycles. The Hall–Kier alpha value is 0.700. The summed E-state index contributed by atoms with van der Waals surface area (Å²) in [6.07, 6.45) is 0. The molecule has 1 rings (SSSR count). The van der Waals surface area contributed by atoms with Crippen LogP contribution in [0.25, 0.3) is 0 Å². The van der Waals surface area contributed by atoms with Crippen LogP contribution < -0.4 is 0 Å². The first kappa shape index (κ1) is 9.70. The molecule has 0 nitrogen and oxygen atoms in total. The van der Waals surface area contributed by atoms with E-state index < -0.39 is 0 Å². The molecule has 2 atom stereocenters. The van der Waals surface area contributed by atoms with Crippen LogP contribution in [0.15, 0.2) is 0 Å². The Morgan fingerprint density at radius 2 is 1.33 bits per heavy atom. The lowest BCUT2D eigenvalue weighted by molar-refractivity contribution is 0.941. The van der Waals surface area contributed by atoms with Crippen LogP contribution in [0, 0.1) is 0 Å². The summed E-state index contributed by atoms with van der Waals surface area (Å²) < 4.78 is 0. The van der Waals surface area contributed by atoms with E-state index in [2.05, 4.69) is 37.4 Å². The first-order valence-corrected chi connectivity index (χ1v) is 5.63. The minimum absolute atomic E-state index is 0.894. The van der Waals surface area contributed by atoms with Crippen molar-refractivity contribution in [3.8, 4) is 0 Å². The van der Waals surface area contributed by atoms with E-state index in [0.29, 0.717) is 0 Å². The number of hydrogen-bond donors (Lipinski definition) is 0. The summed E-state index contributed by atoms with van der Waals surface area (Å²) in [5.41, 5.74) is 0. The normalized spacial score (nSPS) is 33.3. The molecule has 0 N–H and O–H groups in total. The first-order chi connectivity index (χ1) is 4.30. The summed E-state index contributed by atoms with van der Waals surface area (Å²) in [5, 5.41) is 3.09. The van der Waals surface area contributed by atoms with Gasteiger partial charge < -0.3 is 0 Å². The molecular weight excluding hydrogens is 148 g/mol. The van der Waals surface area contributed by atoms with Gasteiger partial charge in [0.25, 0.3) is 0 Å². The third kappa shape index (κ3) is 3.41. The van der Waals surface area contributed by atoms with E-state index in [4.69, 9.17) is 0 Å². The highest BCUT2D eigenvalue weighted by atomic mass is 32.2. The fourth-order valence-electron chi connectivity index (χ4n) is 0.525. The highest BCUT2D eigenvalue weighted by Crippen LogP contribution is 2.35. The van der Waals surface area contributed by atoms with E-state index >= 15 is 0 Å². The van der Waals surface area contributed by atoms with Crippen molar-refractivity contribution >= 4 is 23.5 Å². The van der Waals surface area contributed by atoms with E-state index in [-0.39, 0.29) is 0 Å². The number of thioether (sulfide) groups is 2. The smallest absolute Gasteiger partial charge is 0.0398 e. The Morgan fingerprint density at radius 3 is 1.44 bits per heavy atom. The van der Waals surface area contributed by atoms with Gasteiger partial charge >= 0.3 is 0 Å². The minimum atomic E-state index is 0.894. The lowest BCUT2D eigenvalue weighted by Crippen LogP contribution is -2.04. The highest BCUT2D eigenvalue weighted by Gasteiger charge is 2.18. The second-order valence-corrected chi connectivity index (χ2v) is 4.96. The Labute approximate surface area is 67.2 Å². The molecular formula is C7H16S2. The van der Waals surface area contributed by atoms with Gasteiger partial charge in [0.05, 0.1) is 0 Å². The van der Waals surface area contributed by atoms with Crippen molar-refractivity contribution in [2.24, 2.45) is 0 Å². The lowest BCUT2D eigenvalue weighted by Gasteiger charge is -2.02. The van der Waals surface area contributed by atoms with Crippen LogP contribution in [0.4, 0.5) is 0 Å². The predicted octanol–water partition coefficient (Wildman–Crippen LogP) is 3.23. The lowest BCUT2D eigenvalue weighted by atomic mass is 10.4. The number of hydrogen-bond acceptors (Lipinski definition) is 2. The van der Waals surface area contributed by atoms with Crippen molar-refractivity contribution in [2.75, 3.05) is 5.08 Å². The zero-order valence-electron chi connectivity index (χ0n) is 6.68. The maximum absolute atomic E-state index is 2.30. The third-order valence-corrected chi connectivity index (χ3v) is 4.45. The van der Waals surface area contributed by atoms with Gasteiger partial charge in [-0.1, -0.05) is 27.7 Å². The van der Waals surface area contributed by atoms with E-state index in [0.717, 1.165) is 10.5 Å². The van der Waals surface area contributed by atoms with Gasteiger partial charge in [-0.2, -0.15) is 0 Å². The highest BCUT2D eigenvalue weighted by molar-refractivity contribution is 8.19. The van der Waals surface area contributed by atoms with Crippen molar-refractivity contribution in [3.05, 3.63) is 0 Å². The molecule has 2 heteroatoms. The van der Waals surface area contributed by atoms with Crippen LogP contribution in [0.3, 0.4) is 0 Å². The van der Waals surface area contributed by atoms with Crippen LogP contribution in [0.5, 0.6) is 0 Å². The average molecular weight is 164 g/mol. The SMILES string of the molecule is CC.CC1SCSC1C. The molecule has 1 saturated heterocycles. The molecule has 0 aliphatic carbocycles. The van der Waals surface area contributed by atoms with Gasteiger partial charge in [0.15, 0.2) is 0 Å². The molecule has 9 heavy (non-hydrogen) atoms. The minimum Gasteiger partial charge on any atom is -0.147 e. The summed E-state index contributed by atoms with van der Waals surface area (Å²) in [7, 11) is 0. The molecule has 0 saturated carbocycles. The van der Waals surface area contributed by atoms with Crippen molar-refractivity contribution in [2.45, 2.75) is 38.2 Å². The van der Waals surface area contributed by atoms with Crippen molar-refractivity contribution < 1.29 is 0 Å². The average Bonchev–Trinajstić information content (AvgIpc) is 2.23. The topological polar surface area (TPSA) is 0 Å². The molecule has 0 aromatic rings. The summed E-state index contributed by atoms with van der Waals surface area (Å²) in [6, 6.07) is 0. The van der Waals surface area contributed by atoms with Crippen LogP contribution in [-0.4, -0.2) is 15.6 Å². The Kier molecular flexibility index (Phi) is 5.91. The summed E-state index contributed by atoms with van der Waals surface area (Å²) in [6.45, 7) is 8.60. The molecule has 0 bridgehead atoms. The summed E-state index contributed by atoms with van der Waals surface area (Å²) in [5.74, 6) is 0. The van der Waals surface area contributed by atoms with Crippen molar-refractivity contribution in [1.29, 1.82) is 0 Å². The fourth-order valence-corrected chi connectivity index (χ4v) is 3.57.